The second-order valence-electron chi connectivity index (χ2n) is 4.05. The Bertz CT molecular complexity index is 461. The van der Waals surface area contributed by atoms with E-state index in [-0.39, 0.29) is 5.82 Å². The van der Waals surface area contributed by atoms with Gasteiger partial charge in [-0.3, -0.25) is 0 Å². The molecule has 0 radical (unpaired) electrons. The van der Waals surface area contributed by atoms with Gasteiger partial charge < -0.3 is 11.1 Å². The van der Waals surface area contributed by atoms with Crippen LogP contribution < -0.4 is 5.73 Å². The molecule has 0 aliphatic heterocycles. The summed E-state index contributed by atoms with van der Waals surface area (Å²) in [4.78, 5) is 4.11. The molecule has 16 heavy (non-hydrogen) atoms. The Morgan fingerprint density at radius 3 is 2.75 bits per heavy atom. The van der Waals surface area contributed by atoms with Crippen LogP contribution in [0.4, 0.5) is 4.39 Å². The van der Waals surface area contributed by atoms with E-state index in [0.29, 0.717) is 28.6 Å². The van der Waals surface area contributed by atoms with Crippen molar-refractivity contribution in [3.8, 4) is 0 Å². The fourth-order valence-corrected chi connectivity index (χ4v) is 1.61. The normalized spacial score (nSPS) is 16.9. The van der Waals surface area contributed by atoms with Crippen LogP contribution >= 0.6 is 0 Å². The summed E-state index contributed by atoms with van der Waals surface area (Å²) in [7, 11) is 0. The molecule has 0 unspecified atom stereocenters. The summed E-state index contributed by atoms with van der Waals surface area (Å²) in [6, 6.07) is 2.93. The predicted octanol–water partition coefficient (Wildman–Crippen LogP) is 2.26. The van der Waals surface area contributed by atoms with Crippen LogP contribution in [-0.4, -0.2) is 11.2 Å². The Morgan fingerprint density at radius 2 is 2.25 bits per heavy atom. The maximum absolute atomic E-state index is 13.1. The molecule has 0 amide bonds. The van der Waals surface area contributed by atoms with Crippen LogP contribution in [0.25, 0.3) is 5.57 Å². The van der Waals surface area contributed by atoms with Crippen LogP contribution in [0.2, 0.25) is 0 Å². The highest BCUT2D eigenvalue weighted by Crippen LogP contribution is 2.36. The number of allylic oxidation sites excluding steroid dienone is 2. The minimum atomic E-state index is -0.335. The van der Waals surface area contributed by atoms with E-state index < -0.39 is 0 Å². The first-order valence-corrected chi connectivity index (χ1v) is 5.27. The first-order chi connectivity index (χ1) is 7.63. The third kappa shape index (κ3) is 1.96. The zero-order valence-corrected chi connectivity index (χ0v) is 9.13. The zero-order valence-electron chi connectivity index (χ0n) is 9.13. The van der Waals surface area contributed by atoms with Crippen molar-refractivity contribution in [2.24, 2.45) is 11.7 Å². The molecule has 1 aromatic heterocycles. The molecule has 0 aromatic carbocycles. The number of rotatable bonds is 3. The van der Waals surface area contributed by atoms with Gasteiger partial charge in [0.15, 0.2) is 0 Å². The third-order valence-electron chi connectivity index (χ3n) is 2.77. The van der Waals surface area contributed by atoms with E-state index in [1.807, 2.05) is 0 Å². The molecule has 0 bridgehead atoms. The van der Waals surface area contributed by atoms with Gasteiger partial charge in [0.25, 0.3) is 0 Å². The predicted molar refractivity (Wildman–Crippen MR) is 61.5 cm³/mol. The van der Waals surface area contributed by atoms with Gasteiger partial charge in [0, 0.05) is 17.5 Å². The lowest BCUT2D eigenvalue weighted by atomic mass is 10.1. The van der Waals surface area contributed by atoms with Gasteiger partial charge >= 0.3 is 0 Å². The van der Waals surface area contributed by atoms with Crippen molar-refractivity contribution in [3.05, 3.63) is 35.0 Å². The Kier molecular flexibility index (Phi) is 2.73. The third-order valence-corrected chi connectivity index (χ3v) is 2.77. The standard InChI is InChI=1S/C12H14FN3/c1-7-10(13)4-5-11(16-7)9(6-14)12(15)8-2-3-8/h4-6,8,14H,2-3,15H2,1H3/b12-9+,14-6?. The molecular formula is C12H14FN3. The van der Waals surface area contributed by atoms with Crippen LogP contribution in [0.1, 0.15) is 24.2 Å². The van der Waals surface area contributed by atoms with Gasteiger partial charge in [0.1, 0.15) is 5.82 Å². The fraction of sp³-hybridized carbons (Fsp3) is 0.333. The van der Waals surface area contributed by atoms with E-state index in [1.165, 1.54) is 12.3 Å². The van der Waals surface area contributed by atoms with E-state index >= 15 is 0 Å². The van der Waals surface area contributed by atoms with Crippen LogP contribution in [0.3, 0.4) is 0 Å². The van der Waals surface area contributed by atoms with E-state index in [4.69, 9.17) is 11.1 Å². The zero-order chi connectivity index (χ0) is 11.7. The van der Waals surface area contributed by atoms with E-state index in [0.717, 1.165) is 12.8 Å². The monoisotopic (exact) mass is 219 g/mol. The Hall–Kier alpha value is -1.71. The van der Waals surface area contributed by atoms with Crippen molar-refractivity contribution in [1.82, 2.24) is 4.98 Å². The molecule has 3 N–H and O–H groups in total. The van der Waals surface area contributed by atoms with Gasteiger partial charge in [-0.05, 0) is 37.8 Å². The van der Waals surface area contributed by atoms with Gasteiger partial charge in [-0.2, -0.15) is 0 Å². The van der Waals surface area contributed by atoms with Crippen LogP contribution in [0, 0.1) is 24.1 Å². The molecular weight excluding hydrogens is 205 g/mol. The summed E-state index contributed by atoms with van der Waals surface area (Å²) in [6.07, 6.45) is 3.35. The first kappa shape index (κ1) is 10.8. The number of aryl methyl sites for hydroxylation is 1. The van der Waals surface area contributed by atoms with Crippen molar-refractivity contribution in [2.75, 3.05) is 0 Å². The second kappa shape index (κ2) is 4.04. The average molecular weight is 219 g/mol. The number of nitrogens with two attached hydrogens (primary N) is 1. The molecule has 1 aliphatic rings. The minimum Gasteiger partial charge on any atom is -0.401 e. The molecule has 1 heterocycles. The van der Waals surface area contributed by atoms with Gasteiger partial charge in [-0.1, -0.05) is 0 Å². The summed E-state index contributed by atoms with van der Waals surface area (Å²) < 4.78 is 13.1. The topological polar surface area (TPSA) is 62.8 Å². The maximum Gasteiger partial charge on any atom is 0.144 e. The van der Waals surface area contributed by atoms with E-state index in [2.05, 4.69) is 4.98 Å². The number of nitrogens with one attached hydrogen (secondary N) is 1. The SMILES string of the molecule is Cc1nc(/C(C=N)=C(/N)C2CC2)ccc1F. The summed E-state index contributed by atoms with van der Waals surface area (Å²) in [5, 5.41) is 7.38. The van der Waals surface area contributed by atoms with Crippen molar-refractivity contribution in [1.29, 1.82) is 5.41 Å². The number of halogens is 1. The lowest BCUT2D eigenvalue weighted by Gasteiger charge is -2.07. The van der Waals surface area contributed by atoms with Gasteiger partial charge in [-0.25, -0.2) is 9.37 Å². The quantitative estimate of drug-likeness (QED) is 0.766. The van der Waals surface area contributed by atoms with E-state index in [9.17, 15) is 4.39 Å². The van der Waals surface area contributed by atoms with Crippen molar-refractivity contribution >= 4 is 11.8 Å². The average Bonchev–Trinajstić information content (AvgIpc) is 3.07. The highest BCUT2D eigenvalue weighted by atomic mass is 19.1. The first-order valence-electron chi connectivity index (χ1n) is 5.27. The van der Waals surface area contributed by atoms with Crippen LogP contribution in [0.15, 0.2) is 17.8 Å². The fourth-order valence-electron chi connectivity index (χ4n) is 1.61. The summed E-state index contributed by atoms with van der Waals surface area (Å²) >= 11 is 0. The van der Waals surface area contributed by atoms with Crippen molar-refractivity contribution < 1.29 is 4.39 Å². The number of nitrogens with zero attached hydrogens (tertiary/aromatic N) is 1. The second-order valence-corrected chi connectivity index (χ2v) is 4.05. The highest BCUT2D eigenvalue weighted by molar-refractivity contribution is 6.08. The van der Waals surface area contributed by atoms with Crippen molar-refractivity contribution in [2.45, 2.75) is 19.8 Å². The lowest BCUT2D eigenvalue weighted by Crippen LogP contribution is -2.07. The Morgan fingerprint density at radius 1 is 1.56 bits per heavy atom. The van der Waals surface area contributed by atoms with Gasteiger partial charge in [0.05, 0.1) is 11.4 Å². The summed E-state index contributed by atoms with van der Waals surface area (Å²) in [5.74, 6) is 0.0434. The molecule has 1 saturated carbocycles. The molecule has 84 valence electrons. The number of pyridine rings is 1. The smallest absolute Gasteiger partial charge is 0.144 e. The lowest BCUT2D eigenvalue weighted by molar-refractivity contribution is 0.609. The number of aromatic nitrogens is 1. The molecule has 1 aliphatic carbocycles. The van der Waals surface area contributed by atoms with Crippen molar-refractivity contribution in [3.63, 3.8) is 0 Å². The van der Waals surface area contributed by atoms with Gasteiger partial charge in [0.2, 0.25) is 0 Å². The summed E-state index contributed by atoms with van der Waals surface area (Å²) in [6.45, 7) is 1.60. The molecule has 0 atom stereocenters. The van der Waals surface area contributed by atoms with Gasteiger partial charge in [-0.15, -0.1) is 0 Å². The largest absolute Gasteiger partial charge is 0.401 e. The molecule has 1 aromatic rings. The van der Waals surface area contributed by atoms with Crippen LogP contribution in [0.5, 0.6) is 0 Å². The van der Waals surface area contributed by atoms with E-state index in [1.54, 1.807) is 13.0 Å². The van der Waals surface area contributed by atoms with Crippen LogP contribution in [-0.2, 0) is 0 Å². The molecule has 0 spiro atoms. The Labute approximate surface area is 93.7 Å². The number of hydrogen-bond donors (Lipinski definition) is 2. The number of hydrogen-bond acceptors (Lipinski definition) is 3. The highest BCUT2D eigenvalue weighted by Gasteiger charge is 2.26. The Balaban J connectivity index is 2.44. The minimum absolute atomic E-state index is 0.334. The molecule has 3 nitrogen and oxygen atoms in total. The molecule has 0 saturated heterocycles. The molecule has 2 rings (SSSR count). The molecule has 1 fully saturated rings. The maximum atomic E-state index is 13.1. The molecule has 4 heteroatoms. The summed E-state index contributed by atoms with van der Waals surface area (Å²) in [5.41, 5.74) is 8.18.